The fraction of sp³-hybridized carbons (Fsp3) is 0.0556. The van der Waals surface area contributed by atoms with E-state index < -0.39 is 10.9 Å². The Bertz CT molecular complexity index is 1110. The van der Waals surface area contributed by atoms with Crippen LogP contribution in [0, 0.1) is 10.1 Å². The Morgan fingerprint density at radius 1 is 1.19 bits per heavy atom. The molecule has 0 radical (unpaired) electrons. The number of hydrogen-bond acceptors (Lipinski definition) is 7. The number of benzene rings is 2. The van der Waals surface area contributed by atoms with Crippen molar-refractivity contribution < 1.29 is 18.9 Å². The second kappa shape index (κ2) is 6.71. The third-order valence-corrected chi connectivity index (χ3v) is 3.83. The predicted molar refractivity (Wildman–Crippen MR) is 93.3 cm³/mol. The highest BCUT2D eigenvalue weighted by molar-refractivity contribution is 5.86. The zero-order chi connectivity index (χ0) is 18.8. The summed E-state index contributed by atoms with van der Waals surface area (Å²) in [5.41, 5.74) is 1.02. The molecule has 2 aromatic heterocycles. The van der Waals surface area contributed by atoms with Crippen LogP contribution >= 0.6 is 0 Å². The van der Waals surface area contributed by atoms with E-state index in [1.54, 1.807) is 12.1 Å². The van der Waals surface area contributed by atoms with E-state index in [0.29, 0.717) is 17.0 Å². The molecule has 2 heterocycles. The second-order valence-electron chi connectivity index (χ2n) is 5.65. The SMILES string of the molecule is O=C(OCc1cc2ccccc2o1)c1cn(-c2cccc([N+](=O)[O-])c2)nn1. The smallest absolute Gasteiger partial charge is 0.361 e. The lowest BCUT2D eigenvalue weighted by atomic mass is 10.2. The average Bonchev–Trinajstić information content (AvgIpc) is 3.33. The van der Waals surface area contributed by atoms with Crippen LogP contribution in [0.1, 0.15) is 16.2 Å². The number of nitrogens with zero attached hydrogens (tertiary/aromatic N) is 4. The van der Waals surface area contributed by atoms with Gasteiger partial charge in [0.25, 0.3) is 5.69 Å². The van der Waals surface area contributed by atoms with Crippen LogP contribution in [0.15, 0.2) is 65.2 Å². The van der Waals surface area contributed by atoms with Crippen molar-refractivity contribution in [1.29, 1.82) is 0 Å². The molecule has 0 N–H and O–H groups in total. The minimum Gasteiger partial charge on any atom is -0.457 e. The molecule has 134 valence electrons. The number of hydrogen-bond donors (Lipinski definition) is 0. The van der Waals surface area contributed by atoms with Gasteiger partial charge in [-0.25, -0.2) is 9.48 Å². The first-order valence-electron chi connectivity index (χ1n) is 7.92. The molecule has 0 bridgehead atoms. The van der Waals surface area contributed by atoms with Gasteiger partial charge in [0.15, 0.2) is 5.69 Å². The fourth-order valence-corrected chi connectivity index (χ4v) is 2.55. The second-order valence-corrected chi connectivity index (χ2v) is 5.65. The molecule has 0 amide bonds. The summed E-state index contributed by atoms with van der Waals surface area (Å²) in [5.74, 6) is -0.164. The molecule has 0 saturated heterocycles. The van der Waals surface area contributed by atoms with E-state index in [-0.39, 0.29) is 18.0 Å². The number of nitro groups is 1. The van der Waals surface area contributed by atoms with Gasteiger partial charge in [-0.3, -0.25) is 10.1 Å². The third-order valence-electron chi connectivity index (χ3n) is 3.83. The summed E-state index contributed by atoms with van der Waals surface area (Å²) in [7, 11) is 0. The van der Waals surface area contributed by atoms with Gasteiger partial charge in [-0.05, 0) is 18.2 Å². The standard InChI is InChI=1S/C18H12N4O5/c23-18(26-11-15-8-12-4-1-2-7-17(12)27-15)16-10-21(20-19-16)13-5-3-6-14(9-13)22(24)25/h1-10H,11H2. The summed E-state index contributed by atoms with van der Waals surface area (Å²) < 4.78 is 12.0. The first kappa shape index (κ1) is 16.5. The van der Waals surface area contributed by atoms with E-state index in [4.69, 9.17) is 9.15 Å². The van der Waals surface area contributed by atoms with Gasteiger partial charge in [0, 0.05) is 17.5 Å². The van der Waals surface area contributed by atoms with E-state index >= 15 is 0 Å². The maximum absolute atomic E-state index is 12.2. The lowest BCUT2D eigenvalue weighted by Crippen LogP contribution is -2.05. The number of rotatable bonds is 5. The van der Waals surface area contributed by atoms with Gasteiger partial charge in [-0.15, -0.1) is 5.10 Å². The number of esters is 1. The summed E-state index contributed by atoms with van der Waals surface area (Å²) in [4.78, 5) is 22.5. The van der Waals surface area contributed by atoms with Crippen LogP contribution in [0.25, 0.3) is 16.7 Å². The fourth-order valence-electron chi connectivity index (χ4n) is 2.55. The number of para-hydroxylation sites is 1. The largest absolute Gasteiger partial charge is 0.457 e. The monoisotopic (exact) mass is 364 g/mol. The van der Waals surface area contributed by atoms with Gasteiger partial charge in [0.2, 0.25) is 0 Å². The molecule has 0 aliphatic rings. The van der Waals surface area contributed by atoms with E-state index in [2.05, 4.69) is 10.3 Å². The summed E-state index contributed by atoms with van der Waals surface area (Å²) in [6, 6.07) is 15.1. The van der Waals surface area contributed by atoms with Crippen molar-refractivity contribution in [3.63, 3.8) is 0 Å². The molecule has 2 aromatic carbocycles. The lowest BCUT2D eigenvalue weighted by molar-refractivity contribution is -0.384. The molecule has 0 atom stereocenters. The lowest BCUT2D eigenvalue weighted by Gasteiger charge is -2.00. The van der Waals surface area contributed by atoms with Gasteiger partial charge in [-0.2, -0.15) is 0 Å². The van der Waals surface area contributed by atoms with Crippen LogP contribution < -0.4 is 0 Å². The molecule has 9 heteroatoms. The highest BCUT2D eigenvalue weighted by Gasteiger charge is 2.15. The third kappa shape index (κ3) is 3.38. The van der Waals surface area contributed by atoms with E-state index in [1.165, 1.54) is 29.1 Å². The Labute approximate surface area is 151 Å². The number of fused-ring (bicyclic) bond motifs is 1. The molecular weight excluding hydrogens is 352 g/mol. The molecule has 9 nitrogen and oxygen atoms in total. The molecule has 0 aliphatic carbocycles. The Kier molecular flexibility index (Phi) is 4.09. The van der Waals surface area contributed by atoms with Crippen LogP contribution in [0.4, 0.5) is 5.69 Å². The molecular formula is C18H12N4O5. The zero-order valence-electron chi connectivity index (χ0n) is 13.8. The van der Waals surface area contributed by atoms with Crippen LogP contribution in [-0.2, 0) is 11.3 Å². The number of ether oxygens (including phenoxy) is 1. The topological polar surface area (TPSA) is 113 Å². The van der Waals surface area contributed by atoms with Crippen molar-refractivity contribution in [2.45, 2.75) is 6.61 Å². The average molecular weight is 364 g/mol. The van der Waals surface area contributed by atoms with Gasteiger partial charge < -0.3 is 9.15 Å². The van der Waals surface area contributed by atoms with Gasteiger partial charge in [0.1, 0.15) is 18.0 Å². The van der Waals surface area contributed by atoms with Gasteiger partial charge in [-0.1, -0.05) is 29.5 Å². The first-order chi connectivity index (χ1) is 13.1. The van der Waals surface area contributed by atoms with Crippen molar-refractivity contribution in [3.8, 4) is 5.69 Å². The van der Waals surface area contributed by atoms with Crippen LogP contribution in [0.5, 0.6) is 0 Å². The minimum atomic E-state index is -0.674. The summed E-state index contributed by atoms with van der Waals surface area (Å²) in [6.45, 7) is -0.0445. The molecule has 0 saturated carbocycles. The zero-order valence-corrected chi connectivity index (χ0v) is 13.8. The number of aromatic nitrogens is 3. The molecule has 0 fully saturated rings. The highest BCUT2D eigenvalue weighted by Crippen LogP contribution is 2.20. The van der Waals surface area contributed by atoms with Gasteiger partial charge >= 0.3 is 5.97 Å². The molecule has 0 unspecified atom stereocenters. The minimum absolute atomic E-state index is 0.0161. The molecule has 0 spiro atoms. The van der Waals surface area contributed by atoms with Crippen LogP contribution in [0.2, 0.25) is 0 Å². The number of furan rings is 1. The van der Waals surface area contributed by atoms with Crippen molar-refractivity contribution >= 4 is 22.6 Å². The Morgan fingerprint density at radius 3 is 2.85 bits per heavy atom. The summed E-state index contributed by atoms with van der Waals surface area (Å²) in [5, 5.41) is 19.4. The first-order valence-corrected chi connectivity index (χ1v) is 7.92. The Morgan fingerprint density at radius 2 is 2.04 bits per heavy atom. The number of carbonyl (C=O) groups excluding carboxylic acids is 1. The van der Waals surface area contributed by atoms with E-state index in [9.17, 15) is 14.9 Å². The maximum atomic E-state index is 12.2. The summed E-state index contributed by atoms with van der Waals surface area (Å²) >= 11 is 0. The summed E-state index contributed by atoms with van der Waals surface area (Å²) in [6.07, 6.45) is 1.35. The molecule has 4 aromatic rings. The quantitative estimate of drug-likeness (QED) is 0.303. The molecule has 4 rings (SSSR count). The van der Waals surface area contributed by atoms with E-state index in [0.717, 1.165) is 5.39 Å². The Balaban J connectivity index is 1.47. The normalized spacial score (nSPS) is 10.8. The number of non-ortho nitro benzene ring substituents is 1. The van der Waals surface area contributed by atoms with Crippen molar-refractivity contribution in [1.82, 2.24) is 15.0 Å². The number of nitro benzene ring substituents is 1. The molecule has 27 heavy (non-hydrogen) atoms. The van der Waals surface area contributed by atoms with Crippen LogP contribution in [0.3, 0.4) is 0 Å². The predicted octanol–water partition coefficient (Wildman–Crippen LogP) is 3.28. The van der Waals surface area contributed by atoms with Crippen molar-refractivity contribution in [2.24, 2.45) is 0 Å². The maximum Gasteiger partial charge on any atom is 0.361 e. The van der Waals surface area contributed by atoms with Crippen molar-refractivity contribution in [3.05, 3.63) is 82.4 Å². The van der Waals surface area contributed by atoms with Crippen LogP contribution in [-0.4, -0.2) is 25.9 Å². The highest BCUT2D eigenvalue weighted by atomic mass is 16.6. The molecule has 0 aliphatic heterocycles. The van der Waals surface area contributed by atoms with Gasteiger partial charge in [0.05, 0.1) is 16.8 Å². The number of carbonyl (C=O) groups is 1. The Hall–Kier alpha value is -4.01. The van der Waals surface area contributed by atoms with E-state index in [1.807, 2.05) is 24.3 Å². The van der Waals surface area contributed by atoms with Crippen molar-refractivity contribution in [2.75, 3.05) is 0 Å².